The van der Waals surface area contributed by atoms with E-state index in [9.17, 15) is 29.2 Å². The van der Waals surface area contributed by atoms with Crippen molar-refractivity contribution in [3.63, 3.8) is 0 Å². The summed E-state index contributed by atoms with van der Waals surface area (Å²) in [6.45, 7) is 17.1. The van der Waals surface area contributed by atoms with E-state index in [1.165, 1.54) is 24.3 Å². The number of aromatic nitrogens is 23. The highest BCUT2D eigenvalue weighted by molar-refractivity contribution is 5.98. The maximum Gasteiger partial charge on any atom is 0.221 e. The fraction of sp³-hybridized carbons (Fsp3) is 0.228. The van der Waals surface area contributed by atoms with Crippen LogP contribution < -0.4 is 27.7 Å². The average Bonchev–Trinajstić information content (AvgIpc) is 1.78. The molecule has 574 valence electrons. The summed E-state index contributed by atoms with van der Waals surface area (Å²) < 4.78 is 39.2. The first-order valence-corrected chi connectivity index (χ1v) is 35.3. The van der Waals surface area contributed by atoms with Crippen LogP contribution in [0.15, 0.2) is 176 Å². The number of nitrogens with zero attached hydrogens (tertiary/aromatic N) is 23. The van der Waals surface area contributed by atoms with E-state index >= 15 is 0 Å². The summed E-state index contributed by atoms with van der Waals surface area (Å²) in [7, 11) is 1.60. The van der Waals surface area contributed by atoms with E-state index in [0.717, 1.165) is 44.5 Å². The van der Waals surface area contributed by atoms with Gasteiger partial charge in [-0.1, -0.05) is 75.5 Å². The van der Waals surface area contributed by atoms with Gasteiger partial charge in [0.15, 0.2) is 0 Å². The lowest BCUT2D eigenvalue weighted by atomic mass is 10.0. The molecule has 16 rings (SSSR count). The number of nitrogen functional groups attached to an aromatic ring is 4. The Morgan fingerprint density at radius 1 is 0.363 bits per heavy atom. The lowest BCUT2D eigenvalue weighted by molar-refractivity contribution is 0.0731. The lowest BCUT2D eigenvalue weighted by Gasteiger charge is -2.17. The first kappa shape index (κ1) is 77.3. The third-order valence-corrected chi connectivity index (χ3v) is 17.5. The first-order valence-electron chi connectivity index (χ1n) is 35.3. The van der Waals surface area contributed by atoms with Crippen molar-refractivity contribution in [2.45, 2.75) is 111 Å². The number of rotatable bonds is 17. The molecule has 0 fully saturated rings. The molecule has 12 aromatic heterocycles. The first-order chi connectivity index (χ1) is 53.7. The second kappa shape index (κ2) is 31.6. The lowest BCUT2D eigenvalue weighted by Crippen LogP contribution is -2.18. The van der Waals surface area contributed by atoms with E-state index in [1.54, 1.807) is 136 Å². The highest BCUT2D eigenvalue weighted by Gasteiger charge is 2.24. The predicted octanol–water partition coefficient (Wildman–Crippen LogP) is 9.77. The summed E-state index contributed by atoms with van der Waals surface area (Å²) in [6.07, 6.45) is 7.04. The summed E-state index contributed by atoms with van der Waals surface area (Å²) >= 11 is 0. The molecule has 113 heavy (non-hydrogen) atoms. The number of fused-ring (bicyclic) bond motifs is 4. The molecule has 0 aliphatic rings. The molecule has 16 aromatic rings. The van der Waals surface area contributed by atoms with Crippen molar-refractivity contribution in [2.75, 3.05) is 30.0 Å². The van der Waals surface area contributed by atoms with Crippen molar-refractivity contribution >= 4 is 67.3 Å². The second-order valence-corrected chi connectivity index (χ2v) is 28.5. The van der Waals surface area contributed by atoms with Gasteiger partial charge in [0, 0.05) is 33.2 Å². The SMILES string of the molecule is CC(C)(O)c1cccc(Cn2cc(-c3nc(N)nc4cc(F)ccc34)nn2)n1.CC(C)(O)c1cccc(Cn2cc(-c3nc(N)nc4ccc(F)cc34)nn2)n1.COc1cccc2c(-c3cn(Cc4cccc(C(C)(C)O)n4)nn3)cc(N)nc12.Cc1cccc2c(-c3cn(Cc4cccc(C(C)(C)O)n4)nn3)nc(N)nc12. The number of ether oxygens (including phenoxy) is 1. The molecule has 32 nitrogen and oxygen atoms in total. The third-order valence-electron chi connectivity index (χ3n) is 17.5. The highest BCUT2D eigenvalue weighted by atomic mass is 19.1. The van der Waals surface area contributed by atoms with Gasteiger partial charge in [0.25, 0.3) is 0 Å². The number of hydrogen-bond donors (Lipinski definition) is 8. The van der Waals surface area contributed by atoms with E-state index < -0.39 is 34.0 Å². The largest absolute Gasteiger partial charge is 0.494 e. The number of aliphatic hydroxyl groups is 4. The van der Waals surface area contributed by atoms with E-state index in [0.29, 0.717) is 133 Å². The van der Waals surface area contributed by atoms with Crippen LogP contribution in [0.25, 0.3) is 89.0 Å². The van der Waals surface area contributed by atoms with E-state index in [-0.39, 0.29) is 17.8 Å². The van der Waals surface area contributed by atoms with E-state index in [2.05, 4.69) is 96.1 Å². The average molecular weight is 1520 g/mol. The molecule has 0 amide bonds. The number of methoxy groups -OCH3 is 1. The molecule has 0 saturated heterocycles. The molecule has 0 aliphatic heterocycles. The summed E-state index contributed by atoms with van der Waals surface area (Å²) in [4.78, 5) is 47.8. The molecule has 4 aromatic carbocycles. The van der Waals surface area contributed by atoms with Crippen molar-refractivity contribution < 1.29 is 33.9 Å². The van der Waals surface area contributed by atoms with Crippen LogP contribution >= 0.6 is 0 Å². The Balaban J connectivity index is 0.000000132. The fourth-order valence-corrected chi connectivity index (χ4v) is 12.0. The Kier molecular flexibility index (Phi) is 21.7. The Labute approximate surface area is 644 Å². The van der Waals surface area contributed by atoms with Crippen LogP contribution in [0.5, 0.6) is 5.75 Å². The molecular formula is C79H79F2N27O5. The molecule has 0 aliphatic carbocycles. The molecular weight excluding hydrogens is 1450 g/mol. The Morgan fingerprint density at radius 3 is 1.20 bits per heavy atom. The smallest absolute Gasteiger partial charge is 0.221 e. The number of benzene rings is 4. The second-order valence-electron chi connectivity index (χ2n) is 28.5. The van der Waals surface area contributed by atoms with Crippen LogP contribution in [0.4, 0.5) is 32.4 Å². The highest BCUT2D eigenvalue weighted by Crippen LogP contribution is 2.35. The molecule has 34 heteroatoms. The van der Waals surface area contributed by atoms with Gasteiger partial charge in [-0.15, -0.1) is 20.4 Å². The van der Waals surface area contributed by atoms with Crippen LogP contribution in [0.3, 0.4) is 0 Å². The number of hydrogen-bond acceptors (Lipinski definition) is 28. The van der Waals surface area contributed by atoms with E-state index in [1.807, 2.05) is 104 Å². The molecule has 0 spiro atoms. The summed E-state index contributed by atoms with van der Waals surface area (Å²) in [5.41, 5.74) is 32.8. The third kappa shape index (κ3) is 18.4. The number of pyridine rings is 5. The molecule has 12 heterocycles. The minimum absolute atomic E-state index is 0.0298. The van der Waals surface area contributed by atoms with Gasteiger partial charge in [0.1, 0.15) is 91.0 Å². The summed E-state index contributed by atoms with van der Waals surface area (Å²) in [5.74, 6) is 0.526. The number of anilines is 4. The van der Waals surface area contributed by atoms with Gasteiger partial charge in [0.05, 0.1) is 120 Å². The zero-order valence-corrected chi connectivity index (χ0v) is 63.1. The standard InChI is InChI=1S/C21H22N6O2.C20H21N7O.2C19H18FN7O/c1-21(2,28)18-9-4-6-13(23-18)11-27-12-16(25-26-27)15-10-19(22)24-20-14(15)7-5-8-17(20)29-3;1-12-6-4-8-14-17(12)23-19(21)24-18(14)15-11-27(26-25-15)10-13-7-5-9-16(22-13)20(2,3)28;1-19(2,28)16-5-3-4-12(22-16)9-27-10-15(25-26-27)17-13-8-11(20)6-7-14(13)23-18(21)24-17;1-19(2,28)16-5-3-4-12(22-16)9-27-10-15(25-26-27)17-13-7-6-11(20)8-14(13)23-18(21)24-17/h4-10,12,28H,11H2,1-3H3,(H2,22,24);4-9,11,28H,10H2,1-3H3,(H2,21,23,24);2*3-8,10,28H,9H2,1-2H3,(H2,21,23,24). The molecule has 12 N–H and O–H groups in total. The summed E-state index contributed by atoms with van der Waals surface area (Å²) in [5, 5.41) is 77.0. The number of para-hydroxylation sites is 2. The number of halogens is 2. The van der Waals surface area contributed by atoms with Crippen LogP contribution in [0.2, 0.25) is 0 Å². The Morgan fingerprint density at radius 2 is 0.743 bits per heavy atom. The minimum atomic E-state index is -1.04. The normalized spacial score (nSPS) is 11.8. The van der Waals surface area contributed by atoms with Crippen LogP contribution in [-0.4, -0.2) is 142 Å². The molecule has 0 unspecified atom stereocenters. The van der Waals surface area contributed by atoms with Crippen LogP contribution in [0, 0.1) is 18.6 Å². The van der Waals surface area contributed by atoms with Crippen molar-refractivity contribution in [1.82, 2.24) is 115 Å². The van der Waals surface area contributed by atoms with Gasteiger partial charge in [-0.2, -0.15) is 0 Å². The van der Waals surface area contributed by atoms with Crippen LogP contribution in [0.1, 0.15) is 107 Å². The molecule has 0 bridgehead atoms. The molecule has 0 saturated carbocycles. The van der Waals surface area contributed by atoms with Gasteiger partial charge < -0.3 is 48.1 Å². The van der Waals surface area contributed by atoms with Gasteiger partial charge in [-0.25, -0.2) is 62.4 Å². The van der Waals surface area contributed by atoms with E-state index in [4.69, 9.17) is 27.7 Å². The number of aryl methyl sites for hydroxylation is 1. The zero-order valence-electron chi connectivity index (χ0n) is 63.1. The van der Waals surface area contributed by atoms with Crippen LogP contribution in [-0.2, 0) is 48.6 Å². The van der Waals surface area contributed by atoms with Crippen molar-refractivity contribution in [3.8, 4) is 51.2 Å². The van der Waals surface area contributed by atoms with Gasteiger partial charge in [-0.05, 0) is 159 Å². The van der Waals surface area contributed by atoms with Gasteiger partial charge >= 0.3 is 0 Å². The maximum absolute atomic E-state index is 13.7. The van der Waals surface area contributed by atoms with Gasteiger partial charge in [0.2, 0.25) is 17.8 Å². The molecule has 0 radical (unpaired) electrons. The minimum Gasteiger partial charge on any atom is -0.494 e. The van der Waals surface area contributed by atoms with Crippen molar-refractivity contribution in [3.05, 3.63) is 239 Å². The maximum atomic E-state index is 13.7. The quantitative estimate of drug-likeness (QED) is 0.0420. The van der Waals surface area contributed by atoms with Gasteiger partial charge in [-0.3, -0.25) is 19.9 Å². The zero-order chi connectivity index (χ0) is 80.3. The van der Waals surface area contributed by atoms with Crippen molar-refractivity contribution in [1.29, 1.82) is 0 Å². The Hall–Kier alpha value is -13.8. The molecule has 0 atom stereocenters. The monoisotopic (exact) mass is 1520 g/mol. The topological polar surface area (TPSA) is 459 Å². The number of nitrogens with two attached hydrogens (primary N) is 4. The Bertz CT molecular complexity index is 6050. The fourth-order valence-electron chi connectivity index (χ4n) is 12.0. The van der Waals surface area contributed by atoms with Crippen molar-refractivity contribution in [2.24, 2.45) is 0 Å². The summed E-state index contributed by atoms with van der Waals surface area (Å²) in [6, 6.07) is 43.8. The predicted molar refractivity (Wildman–Crippen MR) is 420 cm³/mol.